The van der Waals surface area contributed by atoms with Crippen molar-refractivity contribution in [2.24, 2.45) is 0 Å². The van der Waals surface area contributed by atoms with Crippen molar-refractivity contribution in [2.45, 2.75) is 13.0 Å². The molecule has 166 valence electrons. The van der Waals surface area contributed by atoms with Crippen LogP contribution in [0, 0.1) is 0 Å². The van der Waals surface area contributed by atoms with Crippen LogP contribution in [-0.2, 0) is 4.79 Å². The summed E-state index contributed by atoms with van der Waals surface area (Å²) < 4.78 is 17.5. The highest BCUT2D eigenvalue weighted by molar-refractivity contribution is 6.32. The van der Waals surface area contributed by atoms with E-state index in [1.54, 1.807) is 30.8 Å². The molecule has 1 amide bonds. The number of carbonyl (C=O) groups is 1. The second-order valence-corrected chi connectivity index (χ2v) is 7.33. The van der Waals surface area contributed by atoms with Crippen molar-refractivity contribution in [3.63, 3.8) is 0 Å². The van der Waals surface area contributed by atoms with Gasteiger partial charge in [-0.1, -0.05) is 28.8 Å². The third-order valence-electron chi connectivity index (χ3n) is 5.11. The van der Waals surface area contributed by atoms with Crippen molar-refractivity contribution in [2.75, 3.05) is 32.0 Å². The Hall–Kier alpha value is -3.79. The van der Waals surface area contributed by atoms with E-state index >= 15 is 0 Å². The van der Waals surface area contributed by atoms with Crippen molar-refractivity contribution in [1.82, 2.24) is 20.2 Å². The Morgan fingerprint density at radius 2 is 1.81 bits per heavy atom. The van der Waals surface area contributed by atoms with Crippen LogP contribution in [0.15, 0.2) is 47.7 Å². The molecule has 1 aromatic heterocycles. The van der Waals surface area contributed by atoms with Crippen LogP contribution < -0.4 is 24.8 Å². The maximum Gasteiger partial charge on any atom is 0.255 e. The van der Waals surface area contributed by atoms with Gasteiger partial charge in [0.1, 0.15) is 23.3 Å². The van der Waals surface area contributed by atoms with E-state index in [1.807, 2.05) is 24.3 Å². The zero-order chi connectivity index (χ0) is 22.8. The smallest absolute Gasteiger partial charge is 0.255 e. The third-order valence-corrected chi connectivity index (χ3v) is 5.41. The Bertz CT molecular complexity index is 1190. The Morgan fingerprint density at radius 1 is 1.09 bits per heavy atom. The minimum Gasteiger partial charge on any atom is -0.497 e. The molecule has 2 aromatic carbocycles. The van der Waals surface area contributed by atoms with E-state index in [4.69, 9.17) is 25.8 Å². The van der Waals surface area contributed by atoms with Crippen LogP contribution in [0.3, 0.4) is 0 Å². The molecule has 0 aliphatic carbocycles. The fraction of sp³-hybridized carbons (Fsp3) is 0.238. The zero-order valence-electron chi connectivity index (χ0n) is 17.8. The quantitative estimate of drug-likeness (QED) is 0.581. The van der Waals surface area contributed by atoms with Gasteiger partial charge in [-0.3, -0.25) is 4.79 Å². The first-order valence-electron chi connectivity index (χ1n) is 9.59. The number of aromatic nitrogens is 4. The van der Waals surface area contributed by atoms with Crippen LogP contribution >= 0.6 is 11.6 Å². The number of nitrogens with zero attached hydrogens (tertiary/aromatic N) is 4. The minimum atomic E-state index is -0.563. The van der Waals surface area contributed by atoms with Gasteiger partial charge >= 0.3 is 0 Å². The van der Waals surface area contributed by atoms with E-state index in [1.165, 1.54) is 14.2 Å². The number of tetrazole rings is 1. The maximum absolute atomic E-state index is 13.5. The first-order valence-corrected chi connectivity index (χ1v) is 9.97. The highest BCUT2D eigenvalue weighted by Gasteiger charge is 2.34. The molecule has 4 rings (SSSR count). The molecule has 0 bridgehead atoms. The third kappa shape index (κ3) is 3.80. The molecule has 0 saturated carbocycles. The summed E-state index contributed by atoms with van der Waals surface area (Å²) in [5, 5.41) is 18.2. The number of ether oxygens (including phenoxy) is 3. The lowest BCUT2D eigenvalue weighted by atomic mass is 9.95. The molecule has 11 heteroatoms. The van der Waals surface area contributed by atoms with Crippen molar-refractivity contribution >= 4 is 29.1 Å². The number of amides is 1. The summed E-state index contributed by atoms with van der Waals surface area (Å²) in [5.74, 6) is 1.58. The molecule has 1 aliphatic heterocycles. The molecule has 0 radical (unpaired) electrons. The average molecular weight is 457 g/mol. The lowest BCUT2D eigenvalue weighted by Crippen LogP contribution is -2.31. The standard InChI is InChI=1S/C21H21ClN6O4/c1-11-18(20(29)24-15-10-16(31-3)14(22)9-17(15)32-4)19(28-21(23-11)25-26-27-28)12-5-7-13(30-2)8-6-12/h5-10,19H,1-4H3,(H,24,29)(H,23,25,27). The van der Waals surface area contributed by atoms with Crippen LogP contribution in [0.5, 0.6) is 17.2 Å². The zero-order valence-corrected chi connectivity index (χ0v) is 18.6. The lowest BCUT2D eigenvalue weighted by molar-refractivity contribution is -0.113. The van der Waals surface area contributed by atoms with Crippen LogP contribution in [0.2, 0.25) is 5.02 Å². The molecule has 2 N–H and O–H groups in total. The number of benzene rings is 2. The van der Waals surface area contributed by atoms with Gasteiger partial charge in [-0.05, 0) is 35.0 Å². The molecule has 10 nitrogen and oxygen atoms in total. The number of anilines is 2. The second-order valence-electron chi connectivity index (χ2n) is 6.93. The summed E-state index contributed by atoms with van der Waals surface area (Å²) in [7, 11) is 4.58. The SMILES string of the molecule is COc1ccc(C2C(C(=O)Nc3cc(OC)c(Cl)cc3OC)=C(C)Nc3nnnn32)cc1. The minimum absolute atomic E-state index is 0.361. The van der Waals surface area contributed by atoms with Crippen LogP contribution in [-0.4, -0.2) is 47.4 Å². The van der Waals surface area contributed by atoms with E-state index in [-0.39, 0.29) is 5.91 Å². The average Bonchev–Trinajstić information content (AvgIpc) is 3.26. The summed E-state index contributed by atoms with van der Waals surface area (Å²) in [5.41, 5.74) is 2.28. The molecule has 3 aromatic rings. The van der Waals surface area contributed by atoms with Crippen molar-refractivity contribution in [3.8, 4) is 17.2 Å². The van der Waals surface area contributed by atoms with E-state index in [0.717, 1.165) is 5.56 Å². The molecule has 32 heavy (non-hydrogen) atoms. The van der Waals surface area contributed by atoms with Gasteiger partial charge < -0.3 is 24.8 Å². The summed E-state index contributed by atoms with van der Waals surface area (Å²) in [6.07, 6.45) is 0. The highest BCUT2D eigenvalue weighted by atomic mass is 35.5. The van der Waals surface area contributed by atoms with Gasteiger partial charge in [0.2, 0.25) is 5.95 Å². The predicted octanol–water partition coefficient (Wildman–Crippen LogP) is 3.28. The van der Waals surface area contributed by atoms with Gasteiger partial charge in [0, 0.05) is 17.8 Å². The molecule has 0 fully saturated rings. The fourth-order valence-corrected chi connectivity index (χ4v) is 3.78. The number of hydrogen-bond acceptors (Lipinski definition) is 8. The second kappa shape index (κ2) is 8.75. The molecular formula is C21H21ClN6O4. The van der Waals surface area contributed by atoms with E-state index < -0.39 is 6.04 Å². The summed E-state index contributed by atoms with van der Waals surface area (Å²) in [4.78, 5) is 13.5. The van der Waals surface area contributed by atoms with E-state index in [9.17, 15) is 4.79 Å². The number of hydrogen-bond donors (Lipinski definition) is 2. The number of fused-ring (bicyclic) bond motifs is 1. The first-order chi connectivity index (χ1) is 15.5. The number of methoxy groups -OCH3 is 3. The highest BCUT2D eigenvalue weighted by Crippen LogP contribution is 2.39. The monoisotopic (exact) mass is 456 g/mol. The number of allylic oxidation sites excluding steroid dienone is 1. The van der Waals surface area contributed by atoms with Gasteiger partial charge in [0.15, 0.2) is 0 Å². The van der Waals surface area contributed by atoms with Crippen molar-refractivity contribution < 1.29 is 19.0 Å². The van der Waals surface area contributed by atoms with Crippen molar-refractivity contribution in [3.05, 3.63) is 58.3 Å². The van der Waals surface area contributed by atoms with Gasteiger partial charge in [-0.25, -0.2) is 0 Å². The summed E-state index contributed by atoms with van der Waals surface area (Å²) in [6.45, 7) is 1.79. The van der Waals surface area contributed by atoms with Gasteiger partial charge in [-0.15, -0.1) is 0 Å². The fourth-order valence-electron chi connectivity index (χ4n) is 3.55. The molecule has 2 heterocycles. The van der Waals surface area contributed by atoms with Crippen LogP contribution in [0.4, 0.5) is 11.6 Å². The molecule has 1 unspecified atom stereocenters. The number of halogens is 1. The molecule has 1 atom stereocenters. The summed E-state index contributed by atoms with van der Waals surface area (Å²) >= 11 is 6.19. The Labute approximate surface area is 189 Å². The van der Waals surface area contributed by atoms with E-state index in [2.05, 4.69) is 26.2 Å². The number of rotatable bonds is 6. The van der Waals surface area contributed by atoms with Crippen LogP contribution in [0.25, 0.3) is 0 Å². The van der Waals surface area contributed by atoms with E-state index in [0.29, 0.717) is 45.2 Å². The summed E-state index contributed by atoms with van der Waals surface area (Å²) in [6, 6.07) is 10.00. The van der Waals surface area contributed by atoms with Crippen molar-refractivity contribution in [1.29, 1.82) is 0 Å². The largest absolute Gasteiger partial charge is 0.497 e. The lowest BCUT2D eigenvalue weighted by Gasteiger charge is -2.28. The maximum atomic E-state index is 13.5. The normalized spacial score (nSPS) is 15.0. The van der Waals surface area contributed by atoms with Crippen LogP contribution in [0.1, 0.15) is 18.5 Å². The Kier molecular flexibility index (Phi) is 5.87. The molecule has 0 saturated heterocycles. The number of nitrogens with one attached hydrogen (secondary N) is 2. The molecule has 0 spiro atoms. The number of carbonyl (C=O) groups excluding carboxylic acids is 1. The van der Waals surface area contributed by atoms with Gasteiger partial charge in [0.05, 0.1) is 37.6 Å². The van der Waals surface area contributed by atoms with Gasteiger partial charge in [0.25, 0.3) is 5.91 Å². The predicted molar refractivity (Wildman–Crippen MR) is 118 cm³/mol. The first kappa shape index (κ1) is 21.4. The Balaban J connectivity index is 1.75. The Morgan fingerprint density at radius 3 is 2.47 bits per heavy atom. The molecule has 1 aliphatic rings. The topological polar surface area (TPSA) is 112 Å². The molecular weight excluding hydrogens is 436 g/mol. The van der Waals surface area contributed by atoms with Gasteiger partial charge in [-0.2, -0.15) is 4.68 Å².